The molecule has 1 fully saturated rings. The van der Waals surface area contributed by atoms with E-state index in [2.05, 4.69) is 4.98 Å². The average Bonchev–Trinajstić information content (AvgIpc) is 2.75. The van der Waals surface area contributed by atoms with E-state index < -0.39 is 6.10 Å². The van der Waals surface area contributed by atoms with Gasteiger partial charge in [-0.1, -0.05) is 0 Å². The summed E-state index contributed by atoms with van der Waals surface area (Å²) in [5, 5.41) is 10.4. The zero-order valence-electron chi connectivity index (χ0n) is 8.27. The lowest BCUT2D eigenvalue weighted by Crippen LogP contribution is -2.08. The molecule has 0 aromatic carbocycles. The first-order valence-corrected chi connectivity index (χ1v) is 5.81. The summed E-state index contributed by atoms with van der Waals surface area (Å²) in [6, 6.07) is 0. The van der Waals surface area contributed by atoms with Crippen molar-refractivity contribution in [2.45, 2.75) is 38.4 Å². The number of hydrogen-bond acceptors (Lipinski definition) is 4. The molecule has 2 atom stereocenters. The number of aromatic nitrogens is 1. The lowest BCUT2D eigenvalue weighted by Gasteiger charge is -2.05. The van der Waals surface area contributed by atoms with Gasteiger partial charge in [-0.25, -0.2) is 4.98 Å². The van der Waals surface area contributed by atoms with Crippen molar-refractivity contribution in [3.05, 3.63) is 16.1 Å². The average molecular weight is 213 g/mol. The first-order chi connectivity index (χ1) is 6.75. The Balaban J connectivity index is 1.95. The predicted molar refractivity (Wildman–Crippen MR) is 55.4 cm³/mol. The molecular formula is C10H15NO2S. The molecule has 1 aliphatic rings. The summed E-state index contributed by atoms with van der Waals surface area (Å²) >= 11 is 1.59. The largest absolute Gasteiger partial charge is 0.388 e. The van der Waals surface area contributed by atoms with Crippen LogP contribution in [0.2, 0.25) is 0 Å². The standard InChI is InChI=1S/C10H15NO2S/c1-7(12)9-6-11-10(14-9)5-8-3-2-4-13-8/h6-8,12H,2-5H2,1H3. The number of ether oxygens (including phenoxy) is 1. The molecular weight excluding hydrogens is 198 g/mol. The summed E-state index contributed by atoms with van der Waals surface area (Å²) in [6.07, 6.45) is 4.92. The highest BCUT2D eigenvalue weighted by Crippen LogP contribution is 2.24. The summed E-state index contributed by atoms with van der Waals surface area (Å²) in [5.41, 5.74) is 0. The van der Waals surface area contributed by atoms with E-state index in [-0.39, 0.29) is 0 Å². The van der Waals surface area contributed by atoms with Crippen LogP contribution in [-0.2, 0) is 11.2 Å². The fraction of sp³-hybridized carbons (Fsp3) is 0.700. The highest BCUT2D eigenvalue weighted by atomic mass is 32.1. The van der Waals surface area contributed by atoms with Crippen LogP contribution in [0.3, 0.4) is 0 Å². The van der Waals surface area contributed by atoms with E-state index in [1.54, 1.807) is 24.5 Å². The van der Waals surface area contributed by atoms with Crippen LogP contribution < -0.4 is 0 Å². The van der Waals surface area contributed by atoms with Gasteiger partial charge in [0.25, 0.3) is 0 Å². The molecule has 2 heterocycles. The molecule has 0 radical (unpaired) electrons. The fourth-order valence-electron chi connectivity index (χ4n) is 1.61. The van der Waals surface area contributed by atoms with E-state index >= 15 is 0 Å². The van der Waals surface area contributed by atoms with Gasteiger partial charge in [-0.05, 0) is 19.8 Å². The van der Waals surface area contributed by atoms with Gasteiger partial charge >= 0.3 is 0 Å². The number of hydrogen-bond donors (Lipinski definition) is 1. The van der Waals surface area contributed by atoms with Crippen molar-refractivity contribution in [1.29, 1.82) is 0 Å². The molecule has 14 heavy (non-hydrogen) atoms. The Hall–Kier alpha value is -0.450. The summed E-state index contributed by atoms with van der Waals surface area (Å²) in [6.45, 7) is 2.66. The molecule has 2 rings (SSSR count). The zero-order valence-corrected chi connectivity index (χ0v) is 9.09. The molecule has 1 aliphatic heterocycles. The molecule has 1 saturated heterocycles. The third kappa shape index (κ3) is 2.32. The van der Waals surface area contributed by atoms with E-state index in [0.717, 1.165) is 29.3 Å². The molecule has 1 aromatic rings. The Labute approximate surface area is 87.7 Å². The van der Waals surface area contributed by atoms with Crippen LogP contribution >= 0.6 is 11.3 Å². The molecule has 0 saturated carbocycles. The Morgan fingerprint density at radius 3 is 3.21 bits per heavy atom. The topological polar surface area (TPSA) is 42.4 Å². The molecule has 3 nitrogen and oxygen atoms in total. The third-order valence-electron chi connectivity index (χ3n) is 2.41. The molecule has 4 heteroatoms. The second-order valence-corrected chi connectivity index (χ2v) is 4.82. The number of nitrogens with zero attached hydrogens (tertiary/aromatic N) is 1. The van der Waals surface area contributed by atoms with Crippen LogP contribution in [0.4, 0.5) is 0 Å². The Morgan fingerprint density at radius 1 is 1.79 bits per heavy atom. The van der Waals surface area contributed by atoms with Gasteiger partial charge in [0.1, 0.15) is 0 Å². The highest BCUT2D eigenvalue weighted by molar-refractivity contribution is 7.11. The van der Waals surface area contributed by atoms with Crippen LogP contribution in [0, 0.1) is 0 Å². The van der Waals surface area contributed by atoms with Gasteiger partial charge in [0.15, 0.2) is 0 Å². The normalized spacial score (nSPS) is 24.0. The summed E-state index contributed by atoms with van der Waals surface area (Å²) in [5.74, 6) is 0. The van der Waals surface area contributed by atoms with Crippen molar-refractivity contribution in [2.75, 3.05) is 6.61 Å². The van der Waals surface area contributed by atoms with E-state index in [4.69, 9.17) is 4.74 Å². The molecule has 78 valence electrons. The first kappa shape index (κ1) is 10.1. The second-order valence-electron chi connectivity index (χ2n) is 3.67. The maximum Gasteiger partial charge on any atom is 0.0954 e. The lowest BCUT2D eigenvalue weighted by atomic mass is 10.2. The van der Waals surface area contributed by atoms with Crippen LogP contribution in [0.15, 0.2) is 6.20 Å². The van der Waals surface area contributed by atoms with Gasteiger partial charge in [-0.15, -0.1) is 11.3 Å². The van der Waals surface area contributed by atoms with Gasteiger partial charge in [0, 0.05) is 19.2 Å². The van der Waals surface area contributed by atoms with Gasteiger partial charge in [0.2, 0.25) is 0 Å². The maximum absolute atomic E-state index is 9.34. The zero-order chi connectivity index (χ0) is 9.97. The van der Waals surface area contributed by atoms with Crippen LogP contribution in [-0.4, -0.2) is 22.8 Å². The SMILES string of the molecule is CC(O)c1cnc(CC2CCCO2)s1. The molecule has 1 aromatic heterocycles. The summed E-state index contributed by atoms with van der Waals surface area (Å²) < 4.78 is 5.53. The molecule has 0 bridgehead atoms. The molecule has 0 aliphatic carbocycles. The van der Waals surface area contributed by atoms with Crippen molar-refractivity contribution in [3.63, 3.8) is 0 Å². The van der Waals surface area contributed by atoms with Crippen LogP contribution in [0.1, 0.15) is 35.8 Å². The van der Waals surface area contributed by atoms with Crippen LogP contribution in [0.5, 0.6) is 0 Å². The minimum Gasteiger partial charge on any atom is -0.388 e. The van der Waals surface area contributed by atoms with E-state index in [1.807, 2.05) is 0 Å². The van der Waals surface area contributed by atoms with Crippen molar-refractivity contribution in [3.8, 4) is 0 Å². The van der Waals surface area contributed by atoms with Crippen molar-refractivity contribution in [1.82, 2.24) is 4.98 Å². The Kier molecular flexibility index (Phi) is 3.15. The van der Waals surface area contributed by atoms with Gasteiger partial charge < -0.3 is 9.84 Å². The van der Waals surface area contributed by atoms with Gasteiger partial charge in [-0.3, -0.25) is 0 Å². The van der Waals surface area contributed by atoms with Crippen molar-refractivity contribution < 1.29 is 9.84 Å². The quantitative estimate of drug-likeness (QED) is 0.834. The molecule has 2 unspecified atom stereocenters. The molecule has 0 spiro atoms. The Morgan fingerprint density at radius 2 is 2.64 bits per heavy atom. The van der Waals surface area contributed by atoms with Gasteiger partial charge in [-0.2, -0.15) is 0 Å². The molecule has 1 N–H and O–H groups in total. The fourth-order valence-corrected chi connectivity index (χ4v) is 2.53. The maximum atomic E-state index is 9.34. The smallest absolute Gasteiger partial charge is 0.0954 e. The monoisotopic (exact) mass is 213 g/mol. The van der Waals surface area contributed by atoms with Gasteiger partial charge in [0.05, 0.1) is 22.1 Å². The van der Waals surface area contributed by atoms with E-state index in [9.17, 15) is 5.11 Å². The first-order valence-electron chi connectivity index (χ1n) is 5.00. The second kappa shape index (κ2) is 4.38. The lowest BCUT2D eigenvalue weighted by molar-refractivity contribution is 0.111. The number of thiazole rings is 1. The predicted octanol–water partition coefficient (Wildman–Crippen LogP) is 1.92. The highest BCUT2D eigenvalue weighted by Gasteiger charge is 2.18. The van der Waals surface area contributed by atoms with Crippen LogP contribution in [0.25, 0.3) is 0 Å². The summed E-state index contributed by atoms with van der Waals surface area (Å²) in [7, 11) is 0. The minimum absolute atomic E-state index is 0.350. The van der Waals surface area contributed by atoms with Crippen molar-refractivity contribution >= 4 is 11.3 Å². The third-order valence-corrected chi connectivity index (χ3v) is 3.60. The number of aliphatic hydroxyl groups excluding tert-OH is 1. The number of aliphatic hydroxyl groups is 1. The molecule has 0 amide bonds. The Bertz CT molecular complexity index is 292. The number of rotatable bonds is 3. The van der Waals surface area contributed by atoms with E-state index in [1.165, 1.54) is 6.42 Å². The van der Waals surface area contributed by atoms with Crippen molar-refractivity contribution in [2.24, 2.45) is 0 Å². The summed E-state index contributed by atoms with van der Waals surface area (Å²) in [4.78, 5) is 5.22. The minimum atomic E-state index is -0.397. The van der Waals surface area contributed by atoms with E-state index in [0.29, 0.717) is 6.10 Å².